The standard InChI is InChI=1S/C16H15BrN4O/c1-21-15-4-2-3-14(13(15)10-19-21)20-16(22)18-9-11-5-7-12(17)8-6-11/h2-8,10H,9H2,1H3,(H2,18,20,22). The lowest BCUT2D eigenvalue weighted by Crippen LogP contribution is -2.28. The Morgan fingerprint density at radius 3 is 2.77 bits per heavy atom. The second kappa shape index (κ2) is 6.19. The number of amides is 2. The first kappa shape index (κ1) is 14.6. The van der Waals surface area contributed by atoms with Crippen LogP contribution in [0.25, 0.3) is 10.9 Å². The van der Waals surface area contributed by atoms with E-state index in [-0.39, 0.29) is 6.03 Å². The van der Waals surface area contributed by atoms with Crippen LogP contribution in [0.15, 0.2) is 53.1 Å². The number of hydrogen-bond acceptors (Lipinski definition) is 2. The van der Waals surface area contributed by atoms with Gasteiger partial charge in [-0.05, 0) is 29.8 Å². The van der Waals surface area contributed by atoms with Gasteiger partial charge in [-0.15, -0.1) is 0 Å². The van der Waals surface area contributed by atoms with E-state index in [4.69, 9.17) is 0 Å². The monoisotopic (exact) mass is 358 g/mol. The van der Waals surface area contributed by atoms with Gasteiger partial charge in [0.25, 0.3) is 0 Å². The number of urea groups is 1. The van der Waals surface area contributed by atoms with Crippen molar-refractivity contribution in [3.8, 4) is 0 Å². The normalized spacial score (nSPS) is 10.6. The highest BCUT2D eigenvalue weighted by Crippen LogP contribution is 2.22. The number of carbonyl (C=O) groups is 1. The molecule has 0 aliphatic heterocycles. The number of aromatic nitrogens is 2. The molecule has 2 amide bonds. The fraction of sp³-hybridized carbons (Fsp3) is 0.125. The van der Waals surface area contributed by atoms with E-state index in [2.05, 4.69) is 31.7 Å². The van der Waals surface area contributed by atoms with Crippen molar-refractivity contribution in [2.24, 2.45) is 7.05 Å². The molecule has 0 saturated carbocycles. The van der Waals surface area contributed by atoms with Gasteiger partial charge in [0.2, 0.25) is 0 Å². The van der Waals surface area contributed by atoms with Crippen LogP contribution in [0.3, 0.4) is 0 Å². The molecule has 0 unspecified atom stereocenters. The predicted octanol–water partition coefficient (Wildman–Crippen LogP) is 3.66. The molecule has 5 nitrogen and oxygen atoms in total. The molecule has 0 atom stereocenters. The van der Waals surface area contributed by atoms with Crippen LogP contribution in [-0.4, -0.2) is 15.8 Å². The van der Waals surface area contributed by atoms with Crippen molar-refractivity contribution >= 4 is 38.6 Å². The van der Waals surface area contributed by atoms with Crippen LogP contribution >= 0.6 is 15.9 Å². The molecule has 0 fully saturated rings. The lowest BCUT2D eigenvalue weighted by Gasteiger charge is -2.09. The molecule has 1 aromatic heterocycles. The van der Waals surface area contributed by atoms with Crippen molar-refractivity contribution in [2.75, 3.05) is 5.32 Å². The summed E-state index contributed by atoms with van der Waals surface area (Å²) < 4.78 is 2.80. The highest BCUT2D eigenvalue weighted by Gasteiger charge is 2.07. The van der Waals surface area contributed by atoms with Crippen molar-refractivity contribution < 1.29 is 4.79 Å². The third-order valence-corrected chi connectivity index (χ3v) is 3.93. The lowest BCUT2D eigenvalue weighted by atomic mass is 10.2. The molecule has 0 spiro atoms. The van der Waals surface area contributed by atoms with Gasteiger partial charge >= 0.3 is 6.03 Å². The summed E-state index contributed by atoms with van der Waals surface area (Å²) in [4.78, 5) is 12.0. The first-order chi connectivity index (χ1) is 10.6. The molecule has 3 rings (SSSR count). The molecule has 6 heteroatoms. The number of anilines is 1. The maximum Gasteiger partial charge on any atom is 0.319 e. The molecule has 22 heavy (non-hydrogen) atoms. The van der Waals surface area contributed by atoms with Gasteiger partial charge < -0.3 is 10.6 Å². The zero-order valence-electron chi connectivity index (χ0n) is 12.0. The van der Waals surface area contributed by atoms with Crippen LogP contribution in [-0.2, 0) is 13.6 Å². The molecule has 1 heterocycles. The topological polar surface area (TPSA) is 59.0 Å². The Morgan fingerprint density at radius 1 is 1.23 bits per heavy atom. The number of halogens is 1. The van der Waals surface area contributed by atoms with Crippen LogP contribution in [0.5, 0.6) is 0 Å². The Balaban J connectivity index is 1.67. The summed E-state index contributed by atoms with van der Waals surface area (Å²) in [5.41, 5.74) is 2.77. The van der Waals surface area contributed by atoms with E-state index in [0.717, 1.165) is 26.6 Å². The SMILES string of the molecule is Cn1ncc2c(NC(=O)NCc3ccc(Br)cc3)cccc21. The number of rotatable bonds is 3. The minimum Gasteiger partial charge on any atom is -0.334 e. The van der Waals surface area contributed by atoms with Crippen LogP contribution in [0.1, 0.15) is 5.56 Å². The Hall–Kier alpha value is -2.34. The van der Waals surface area contributed by atoms with E-state index in [0.29, 0.717) is 6.54 Å². The zero-order valence-corrected chi connectivity index (χ0v) is 13.6. The van der Waals surface area contributed by atoms with E-state index in [1.165, 1.54) is 0 Å². The largest absolute Gasteiger partial charge is 0.334 e. The maximum absolute atomic E-state index is 12.0. The minimum atomic E-state index is -0.237. The molecule has 3 aromatic rings. The van der Waals surface area contributed by atoms with E-state index in [1.807, 2.05) is 49.5 Å². The van der Waals surface area contributed by atoms with Crippen LogP contribution in [0.4, 0.5) is 10.5 Å². The lowest BCUT2D eigenvalue weighted by molar-refractivity contribution is 0.252. The fourth-order valence-electron chi connectivity index (χ4n) is 2.24. The van der Waals surface area contributed by atoms with Gasteiger partial charge in [0, 0.05) is 23.5 Å². The number of benzene rings is 2. The van der Waals surface area contributed by atoms with Gasteiger partial charge in [0.05, 0.1) is 17.4 Å². The number of nitrogens with zero attached hydrogens (tertiary/aromatic N) is 2. The highest BCUT2D eigenvalue weighted by atomic mass is 79.9. The Morgan fingerprint density at radius 2 is 2.00 bits per heavy atom. The molecule has 0 radical (unpaired) electrons. The zero-order chi connectivity index (χ0) is 15.5. The molecule has 0 bridgehead atoms. The smallest absolute Gasteiger partial charge is 0.319 e. The Labute approximate surface area is 136 Å². The molecule has 0 saturated heterocycles. The number of nitrogens with one attached hydrogen (secondary N) is 2. The van der Waals surface area contributed by atoms with Gasteiger partial charge in [-0.25, -0.2) is 4.79 Å². The van der Waals surface area contributed by atoms with E-state index < -0.39 is 0 Å². The van der Waals surface area contributed by atoms with Crippen LogP contribution < -0.4 is 10.6 Å². The molecule has 0 aliphatic carbocycles. The van der Waals surface area contributed by atoms with Crippen molar-refractivity contribution in [3.05, 3.63) is 58.7 Å². The summed E-state index contributed by atoms with van der Waals surface area (Å²) in [6, 6.07) is 13.3. The number of aryl methyl sites for hydroxylation is 1. The molecule has 0 aliphatic rings. The second-order valence-electron chi connectivity index (χ2n) is 4.94. The summed E-state index contributed by atoms with van der Waals surface area (Å²) in [6.07, 6.45) is 1.75. The van der Waals surface area contributed by atoms with Gasteiger partial charge in [-0.2, -0.15) is 5.10 Å². The van der Waals surface area contributed by atoms with Gasteiger partial charge in [-0.1, -0.05) is 34.1 Å². The number of carbonyl (C=O) groups excluding carboxylic acids is 1. The predicted molar refractivity (Wildman–Crippen MR) is 90.7 cm³/mol. The Kier molecular flexibility index (Phi) is 4.11. The van der Waals surface area contributed by atoms with Crippen molar-refractivity contribution in [2.45, 2.75) is 6.54 Å². The van der Waals surface area contributed by atoms with E-state index in [1.54, 1.807) is 10.9 Å². The number of hydrogen-bond donors (Lipinski definition) is 2. The highest BCUT2D eigenvalue weighted by molar-refractivity contribution is 9.10. The summed E-state index contributed by atoms with van der Waals surface area (Å²) >= 11 is 3.39. The van der Waals surface area contributed by atoms with E-state index >= 15 is 0 Å². The summed E-state index contributed by atoms with van der Waals surface area (Å²) in [6.45, 7) is 0.474. The van der Waals surface area contributed by atoms with Crippen LogP contribution in [0.2, 0.25) is 0 Å². The summed E-state index contributed by atoms with van der Waals surface area (Å²) in [5.74, 6) is 0. The maximum atomic E-state index is 12.0. The van der Waals surface area contributed by atoms with Crippen molar-refractivity contribution in [3.63, 3.8) is 0 Å². The van der Waals surface area contributed by atoms with Crippen molar-refractivity contribution in [1.82, 2.24) is 15.1 Å². The first-order valence-electron chi connectivity index (χ1n) is 6.83. The average molecular weight is 359 g/mol. The summed E-state index contributed by atoms with van der Waals surface area (Å²) in [7, 11) is 1.87. The quantitative estimate of drug-likeness (QED) is 0.750. The van der Waals surface area contributed by atoms with Crippen molar-refractivity contribution in [1.29, 1.82) is 0 Å². The minimum absolute atomic E-state index is 0.237. The molecule has 112 valence electrons. The molecular weight excluding hydrogens is 344 g/mol. The molecular formula is C16H15BrN4O. The molecule has 2 N–H and O–H groups in total. The second-order valence-corrected chi connectivity index (χ2v) is 5.86. The third kappa shape index (κ3) is 3.12. The van der Waals surface area contributed by atoms with Crippen LogP contribution in [0, 0.1) is 0 Å². The third-order valence-electron chi connectivity index (χ3n) is 3.41. The fourth-order valence-corrected chi connectivity index (χ4v) is 2.50. The van der Waals surface area contributed by atoms with Gasteiger partial charge in [-0.3, -0.25) is 4.68 Å². The average Bonchev–Trinajstić information content (AvgIpc) is 2.90. The molecule has 2 aromatic carbocycles. The Bertz CT molecular complexity index is 811. The van der Waals surface area contributed by atoms with Gasteiger partial charge in [0.1, 0.15) is 0 Å². The number of fused-ring (bicyclic) bond motifs is 1. The van der Waals surface area contributed by atoms with E-state index in [9.17, 15) is 4.79 Å². The summed E-state index contributed by atoms with van der Waals surface area (Å²) in [5, 5.41) is 10.8. The first-order valence-corrected chi connectivity index (χ1v) is 7.63. The van der Waals surface area contributed by atoms with Gasteiger partial charge in [0.15, 0.2) is 0 Å².